The van der Waals surface area contributed by atoms with Gasteiger partial charge in [0.1, 0.15) is 0 Å². The van der Waals surface area contributed by atoms with Crippen molar-refractivity contribution in [3.05, 3.63) is 113 Å². The smallest absolute Gasteiger partial charge is 0.0602 e. The predicted molar refractivity (Wildman–Crippen MR) is 130 cm³/mol. The van der Waals surface area contributed by atoms with Gasteiger partial charge in [0, 0.05) is 37.7 Å². The molecular weight excluding hydrogens is 411 g/mol. The predicted octanol–water partition coefficient (Wildman–Crippen LogP) is 6.18. The average molecular weight is 439 g/mol. The summed E-state index contributed by atoms with van der Waals surface area (Å²) in [7, 11) is 0. The lowest BCUT2D eigenvalue weighted by molar-refractivity contribution is 0.118. The van der Waals surface area contributed by atoms with Gasteiger partial charge in [-0.25, -0.2) is 0 Å². The van der Waals surface area contributed by atoms with Crippen molar-refractivity contribution in [3.63, 3.8) is 0 Å². The van der Waals surface area contributed by atoms with E-state index >= 15 is 0 Å². The van der Waals surface area contributed by atoms with Crippen molar-refractivity contribution < 1.29 is 0 Å². The molecule has 0 bridgehead atoms. The number of piperazine rings is 1. The molecule has 0 unspecified atom stereocenters. The van der Waals surface area contributed by atoms with Gasteiger partial charge < -0.3 is 0 Å². The summed E-state index contributed by atoms with van der Waals surface area (Å²) >= 11 is 6.13. The molecule has 0 radical (unpaired) electrons. The Kier molecular flexibility index (Phi) is 8.53. The summed E-state index contributed by atoms with van der Waals surface area (Å²) < 4.78 is 0. The first-order valence-corrected chi connectivity index (χ1v) is 10.7. The lowest BCUT2D eigenvalue weighted by atomic mass is 9.96. The lowest BCUT2D eigenvalue weighted by Crippen LogP contribution is -2.47. The van der Waals surface area contributed by atoms with Gasteiger partial charge in [0.15, 0.2) is 0 Å². The SMILES string of the molecule is Cl.Clc1ccc([C@H](c2ccccc2)N2CCN(C/C=C/c3ccccc3)CC2)cc1. The van der Waals surface area contributed by atoms with Gasteiger partial charge in [-0.2, -0.15) is 0 Å². The van der Waals surface area contributed by atoms with Crippen LogP contribution < -0.4 is 0 Å². The molecule has 1 saturated heterocycles. The number of hydrogen-bond donors (Lipinski definition) is 0. The van der Waals surface area contributed by atoms with Crippen LogP contribution in [0.5, 0.6) is 0 Å². The van der Waals surface area contributed by atoms with E-state index in [-0.39, 0.29) is 18.4 Å². The third-order valence-corrected chi connectivity index (χ3v) is 5.80. The Bertz CT molecular complexity index is 903. The molecule has 0 N–H and O–H groups in total. The first-order valence-electron chi connectivity index (χ1n) is 10.3. The van der Waals surface area contributed by atoms with Gasteiger partial charge in [-0.3, -0.25) is 9.80 Å². The quantitative estimate of drug-likeness (QED) is 0.452. The van der Waals surface area contributed by atoms with E-state index in [2.05, 4.69) is 94.7 Å². The van der Waals surface area contributed by atoms with Crippen LogP contribution in [0.1, 0.15) is 22.7 Å². The fourth-order valence-electron chi connectivity index (χ4n) is 4.00. The second-order valence-corrected chi connectivity index (χ2v) is 7.95. The fraction of sp³-hybridized carbons (Fsp3) is 0.231. The Hall–Kier alpha value is -2.10. The van der Waals surface area contributed by atoms with Crippen LogP contribution in [0.25, 0.3) is 6.08 Å². The first-order chi connectivity index (χ1) is 14.3. The molecular formula is C26H28Cl2N2. The Morgan fingerprint density at radius 1 is 0.733 bits per heavy atom. The molecule has 1 aliphatic heterocycles. The number of halogens is 2. The summed E-state index contributed by atoms with van der Waals surface area (Å²) in [4.78, 5) is 5.12. The van der Waals surface area contributed by atoms with E-state index in [1.165, 1.54) is 16.7 Å². The third-order valence-electron chi connectivity index (χ3n) is 5.55. The van der Waals surface area contributed by atoms with Crippen molar-refractivity contribution in [1.82, 2.24) is 9.80 Å². The molecule has 0 saturated carbocycles. The largest absolute Gasteiger partial charge is 0.297 e. The zero-order chi connectivity index (χ0) is 19.9. The van der Waals surface area contributed by atoms with Crippen molar-refractivity contribution in [1.29, 1.82) is 0 Å². The standard InChI is InChI=1S/C26H27ClN2.ClH/c27-25-15-13-24(14-16-25)26(23-11-5-2-6-12-23)29-20-18-28(19-21-29)17-7-10-22-8-3-1-4-9-22;/h1-16,26H,17-21H2;1H/b10-7+;/t26-;/m0./s1. The zero-order valence-electron chi connectivity index (χ0n) is 17.0. The molecule has 2 nitrogen and oxygen atoms in total. The van der Waals surface area contributed by atoms with Gasteiger partial charge in [-0.15, -0.1) is 12.4 Å². The maximum absolute atomic E-state index is 6.13. The van der Waals surface area contributed by atoms with E-state index in [1.807, 2.05) is 12.1 Å². The summed E-state index contributed by atoms with van der Waals surface area (Å²) in [5, 5.41) is 0.788. The second kappa shape index (κ2) is 11.3. The highest BCUT2D eigenvalue weighted by Crippen LogP contribution is 2.30. The summed E-state index contributed by atoms with van der Waals surface area (Å²) in [5.41, 5.74) is 3.91. The van der Waals surface area contributed by atoms with Crippen LogP contribution in [0.2, 0.25) is 5.02 Å². The lowest BCUT2D eigenvalue weighted by Gasteiger charge is -2.39. The molecule has 3 aromatic rings. The summed E-state index contributed by atoms with van der Waals surface area (Å²) in [6, 6.07) is 29.9. The van der Waals surface area contributed by atoms with Crippen molar-refractivity contribution in [2.24, 2.45) is 0 Å². The monoisotopic (exact) mass is 438 g/mol. The van der Waals surface area contributed by atoms with E-state index in [0.29, 0.717) is 0 Å². The Balaban J connectivity index is 0.00000256. The van der Waals surface area contributed by atoms with Crippen molar-refractivity contribution >= 4 is 30.1 Å². The molecule has 4 rings (SSSR count). The van der Waals surface area contributed by atoms with Crippen LogP contribution in [0.4, 0.5) is 0 Å². The molecule has 4 heteroatoms. The summed E-state index contributed by atoms with van der Waals surface area (Å²) in [5.74, 6) is 0. The van der Waals surface area contributed by atoms with E-state index in [1.54, 1.807) is 0 Å². The Morgan fingerprint density at radius 3 is 1.93 bits per heavy atom. The van der Waals surface area contributed by atoms with Crippen LogP contribution in [0.15, 0.2) is 91.0 Å². The number of nitrogens with zero attached hydrogens (tertiary/aromatic N) is 2. The number of benzene rings is 3. The molecule has 0 spiro atoms. The Morgan fingerprint density at radius 2 is 1.30 bits per heavy atom. The molecule has 1 atom stereocenters. The van der Waals surface area contributed by atoms with Gasteiger partial charge in [0.2, 0.25) is 0 Å². The van der Waals surface area contributed by atoms with Gasteiger partial charge >= 0.3 is 0 Å². The minimum atomic E-state index is 0. The molecule has 1 fully saturated rings. The highest BCUT2D eigenvalue weighted by atomic mass is 35.5. The number of hydrogen-bond acceptors (Lipinski definition) is 2. The Labute approximate surface area is 191 Å². The van der Waals surface area contributed by atoms with Crippen LogP contribution in [0, 0.1) is 0 Å². The second-order valence-electron chi connectivity index (χ2n) is 7.51. The zero-order valence-corrected chi connectivity index (χ0v) is 18.6. The molecule has 30 heavy (non-hydrogen) atoms. The molecule has 0 aliphatic carbocycles. The van der Waals surface area contributed by atoms with Gasteiger partial charge in [0.05, 0.1) is 6.04 Å². The molecule has 1 aliphatic rings. The third kappa shape index (κ3) is 5.96. The van der Waals surface area contributed by atoms with Crippen LogP contribution >= 0.6 is 24.0 Å². The van der Waals surface area contributed by atoms with Gasteiger partial charge in [-0.05, 0) is 28.8 Å². The van der Waals surface area contributed by atoms with Crippen LogP contribution in [-0.4, -0.2) is 42.5 Å². The van der Waals surface area contributed by atoms with E-state index in [9.17, 15) is 0 Å². The maximum Gasteiger partial charge on any atom is 0.0602 e. The molecule has 1 heterocycles. The molecule has 0 aromatic heterocycles. The van der Waals surface area contributed by atoms with Gasteiger partial charge in [0.25, 0.3) is 0 Å². The summed E-state index contributed by atoms with van der Waals surface area (Å²) in [6.45, 7) is 5.27. The number of rotatable bonds is 6. The average Bonchev–Trinajstić information content (AvgIpc) is 2.78. The molecule has 156 valence electrons. The highest BCUT2D eigenvalue weighted by molar-refractivity contribution is 6.30. The fourth-order valence-corrected chi connectivity index (χ4v) is 4.13. The minimum absolute atomic E-state index is 0. The van der Waals surface area contributed by atoms with E-state index in [0.717, 1.165) is 37.7 Å². The summed E-state index contributed by atoms with van der Waals surface area (Å²) in [6.07, 6.45) is 4.49. The van der Waals surface area contributed by atoms with Gasteiger partial charge in [-0.1, -0.05) is 96.5 Å². The maximum atomic E-state index is 6.13. The van der Waals surface area contributed by atoms with Crippen LogP contribution in [-0.2, 0) is 0 Å². The van der Waals surface area contributed by atoms with E-state index in [4.69, 9.17) is 11.6 Å². The molecule has 3 aromatic carbocycles. The first kappa shape index (κ1) is 22.6. The highest BCUT2D eigenvalue weighted by Gasteiger charge is 2.25. The van der Waals surface area contributed by atoms with Crippen molar-refractivity contribution in [2.75, 3.05) is 32.7 Å². The van der Waals surface area contributed by atoms with E-state index < -0.39 is 0 Å². The van der Waals surface area contributed by atoms with Crippen LogP contribution in [0.3, 0.4) is 0 Å². The topological polar surface area (TPSA) is 6.48 Å². The van der Waals surface area contributed by atoms with Crippen molar-refractivity contribution in [2.45, 2.75) is 6.04 Å². The minimum Gasteiger partial charge on any atom is -0.297 e. The normalized spacial score (nSPS) is 16.3. The van der Waals surface area contributed by atoms with Crippen molar-refractivity contribution in [3.8, 4) is 0 Å². The molecule has 0 amide bonds.